The minimum atomic E-state index is -3.52. The predicted octanol–water partition coefficient (Wildman–Crippen LogP) is 1.97. The Balaban J connectivity index is 1.60. The molecule has 1 aromatic carbocycles. The Morgan fingerprint density at radius 2 is 1.72 bits per heavy atom. The molecule has 1 amide bonds. The van der Waals surface area contributed by atoms with Crippen LogP contribution in [0.5, 0.6) is 0 Å². The van der Waals surface area contributed by atoms with Crippen LogP contribution in [0.2, 0.25) is 0 Å². The van der Waals surface area contributed by atoms with E-state index in [4.69, 9.17) is 4.52 Å². The lowest BCUT2D eigenvalue weighted by Crippen LogP contribution is -2.48. The van der Waals surface area contributed by atoms with Gasteiger partial charge in [0.05, 0.1) is 17.1 Å². The van der Waals surface area contributed by atoms with Crippen LogP contribution in [0.1, 0.15) is 35.7 Å². The van der Waals surface area contributed by atoms with Crippen LogP contribution in [0.4, 0.5) is 0 Å². The highest BCUT2D eigenvalue weighted by atomic mass is 32.2. The van der Waals surface area contributed by atoms with Crippen LogP contribution in [0.25, 0.3) is 0 Å². The van der Waals surface area contributed by atoms with Gasteiger partial charge in [-0.05, 0) is 31.2 Å². The molecule has 1 aliphatic heterocycles. The fourth-order valence-corrected chi connectivity index (χ4v) is 4.94. The monoisotopic (exact) mass is 420 g/mol. The zero-order chi connectivity index (χ0) is 21.0. The van der Waals surface area contributed by atoms with Crippen LogP contribution < -0.4 is 0 Å². The van der Waals surface area contributed by atoms with Gasteiger partial charge in [-0.2, -0.15) is 4.31 Å². The molecule has 0 spiro atoms. The summed E-state index contributed by atoms with van der Waals surface area (Å²) in [7, 11) is -3.52. The van der Waals surface area contributed by atoms with E-state index in [1.54, 1.807) is 17.0 Å². The van der Waals surface area contributed by atoms with Gasteiger partial charge >= 0.3 is 0 Å². The number of amides is 1. The van der Waals surface area contributed by atoms with Crippen molar-refractivity contribution in [3.63, 3.8) is 0 Å². The Hall–Kier alpha value is -2.23. The van der Waals surface area contributed by atoms with Crippen molar-refractivity contribution in [3.05, 3.63) is 47.3 Å². The molecule has 2 aromatic rings. The summed E-state index contributed by atoms with van der Waals surface area (Å²) in [5.74, 6) is 0.749. The van der Waals surface area contributed by atoms with E-state index in [1.807, 2.05) is 26.8 Å². The van der Waals surface area contributed by atoms with Crippen LogP contribution >= 0.6 is 0 Å². The van der Waals surface area contributed by atoms with Gasteiger partial charge in [0.1, 0.15) is 0 Å². The molecule has 1 aliphatic rings. The molecule has 3 rings (SSSR count). The molecule has 1 saturated heterocycles. The van der Waals surface area contributed by atoms with E-state index < -0.39 is 10.0 Å². The van der Waals surface area contributed by atoms with Crippen molar-refractivity contribution >= 4 is 15.9 Å². The minimum absolute atomic E-state index is 0.0769. The Morgan fingerprint density at radius 3 is 2.24 bits per heavy atom. The summed E-state index contributed by atoms with van der Waals surface area (Å²) in [5, 5.41) is 3.90. The predicted molar refractivity (Wildman–Crippen MR) is 109 cm³/mol. The minimum Gasteiger partial charge on any atom is -0.360 e. The van der Waals surface area contributed by atoms with Crippen molar-refractivity contribution in [1.82, 2.24) is 19.3 Å². The zero-order valence-corrected chi connectivity index (χ0v) is 18.0. The molecule has 158 valence electrons. The van der Waals surface area contributed by atoms with Gasteiger partial charge in [-0.15, -0.1) is 0 Å². The number of nitrogens with zero attached hydrogens (tertiary/aromatic N) is 4. The number of sulfonamides is 1. The molecule has 0 saturated carbocycles. The van der Waals surface area contributed by atoms with Crippen molar-refractivity contribution in [3.8, 4) is 0 Å². The van der Waals surface area contributed by atoms with E-state index in [-0.39, 0.29) is 10.8 Å². The highest BCUT2D eigenvalue weighted by Gasteiger charge is 2.25. The second-order valence-corrected chi connectivity index (χ2v) is 9.05. The van der Waals surface area contributed by atoms with E-state index in [0.29, 0.717) is 38.3 Å². The number of carbonyl (C=O) groups is 1. The van der Waals surface area contributed by atoms with E-state index in [1.165, 1.54) is 16.4 Å². The van der Waals surface area contributed by atoms with Crippen molar-refractivity contribution < 1.29 is 17.7 Å². The third-order valence-electron chi connectivity index (χ3n) is 5.16. The van der Waals surface area contributed by atoms with Gasteiger partial charge in [-0.3, -0.25) is 9.69 Å². The molecule has 0 unspecified atom stereocenters. The molecule has 29 heavy (non-hydrogen) atoms. The molecule has 2 heterocycles. The number of carbonyl (C=O) groups excluding carboxylic acids is 1. The lowest BCUT2D eigenvalue weighted by Gasteiger charge is -2.34. The summed E-state index contributed by atoms with van der Waals surface area (Å²) in [6.45, 7) is 9.75. The van der Waals surface area contributed by atoms with Crippen molar-refractivity contribution in [2.45, 2.75) is 32.2 Å². The molecule has 0 atom stereocenters. The lowest BCUT2D eigenvalue weighted by molar-refractivity contribution is 0.0617. The number of piperazine rings is 1. The molecular formula is C20H28N4O4S. The van der Waals surface area contributed by atoms with Gasteiger partial charge in [0, 0.05) is 50.9 Å². The smallest absolute Gasteiger partial charge is 0.253 e. The van der Waals surface area contributed by atoms with E-state index in [0.717, 1.165) is 24.5 Å². The standard InChI is InChI=1S/C20H28N4O4S/c1-4-24(5-2)29(26,27)19-8-6-17(7-9-19)20(25)23-12-10-22(11-13-23)15-18-14-16(3)21-28-18/h6-9,14H,4-5,10-13,15H2,1-3H3. The molecular weight excluding hydrogens is 392 g/mol. The van der Waals surface area contributed by atoms with E-state index >= 15 is 0 Å². The van der Waals surface area contributed by atoms with Crippen LogP contribution in [0.15, 0.2) is 39.8 Å². The highest BCUT2D eigenvalue weighted by Crippen LogP contribution is 2.18. The van der Waals surface area contributed by atoms with Crippen molar-refractivity contribution in [2.75, 3.05) is 39.3 Å². The molecule has 1 aromatic heterocycles. The average molecular weight is 421 g/mol. The van der Waals surface area contributed by atoms with Crippen LogP contribution in [-0.4, -0.2) is 72.9 Å². The quantitative estimate of drug-likeness (QED) is 0.681. The molecule has 0 bridgehead atoms. The first kappa shape index (κ1) is 21.5. The van der Waals surface area contributed by atoms with Gasteiger partial charge in [-0.25, -0.2) is 8.42 Å². The number of hydrogen-bond donors (Lipinski definition) is 0. The Labute approximate surface area is 172 Å². The summed E-state index contributed by atoms with van der Waals surface area (Å²) in [6, 6.07) is 8.16. The van der Waals surface area contributed by atoms with Crippen molar-refractivity contribution in [1.29, 1.82) is 0 Å². The van der Waals surface area contributed by atoms with Gasteiger partial charge in [-0.1, -0.05) is 19.0 Å². The van der Waals surface area contributed by atoms with Gasteiger partial charge in [0.2, 0.25) is 10.0 Å². The maximum Gasteiger partial charge on any atom is 0.253 e. The Morgan fingerprint density at radius 1 is 1.10 bits per heavy atom. The van der Waals surface area contributed by atoms with Crippen LogP contribution in [0, 0.1) is 6.92 Å². The maximum absolute atomic E-state index is 12.8. The van der Waals surface area contributed by atoms with Crippen molar-refractivity contribution in [2.24, 2.45) is 0 Å². The number of aromatic nitrogens is 1. The highest BCUT2D eigenvalue weighted by molar-refractivity contribution is 7.89. The second-order valence-electron chi connectivity index (χ2n) is 7.12. The molecule has 1 fully saturated rings. The molecule has 0 N–H and O–H groups in total. The Kier molecular flexibility index (Phi) is 6.71. The van der Waals surface area contributed by atoms with Crippen LogP contribution in [0.3, 0.4) is 0 Å². The number of rotatable bonds is 7. The van der Waals surface area contributed by atoms with Gasteiger partial charge < -0.3 is 9.42 Å². The van der Waals surface area contributed by atoms with Gasteiger partial charge in [0.15, 0.2) is 5.76 Å². The summed E-state index contributed by atoms with van der Waals surface area (Å²) in [5.41, 5.74) is 1.36. The normalized spacial score (nSPS) is 15.8. The summed E-state index contributed by atoms with van der Waals surface area (Å²) >= 11 is 0. The third kappa shape index (κ3) is 4.85. The third-order valence-corrected chi connectivity index (χ3v) is 7.22. The summed E-state index contributed by atoms with van der Waals surface area (Å²) in [6.07, 6.45) is 0. The number of aryl methyl sites for hydroxylation is 1. The summed E-state index contributed by atoms with van der Waals surface area (Å²) < 4.78 is 31.8. The number of hydrogen-bond acceptors (Lipinski definition) is 6. The fourth-order valence-electron chi connectivity index (χ4n) is 3.48. The topological polar surface area (TPSA) is 87.0 Å². The SMILES string of the molecule is CCN(CC)S(=O)(=O)c1ccc(C(=O)N2CCN(Cc3cc(C)no3)CC2)cc1. The largest absolute Gasteiger partial charge is 0.360 e. The first-order chi connectivity index (χ1) is 13.8. The number of benzene rings is 1. The summed E-state index contributed by atoms with van der Waals surface area (Å²) in [4.78, 5) is 17.0. The maximum atomic E-state index is 12.8. The molecule has 8 nitrogen and oxygen atoms in total. The van der Waals surface area contributed by atoms with E-state index in [9.17, 15) is 13.2 Å². The average Bonchev–Trinajstić information content (AvgIpc) is 3.13. The van der Waals surface area contributed by atoms with Crippen LogP contribution in [-0.2, 0) is 16.6 Å². The Bertz CT molecular complexity index is 928. The van der Waals surface area contributed by atoms with Gasteiger partial charge in [0.25, 0.3) is 5.91 Å². The first-order valence-electron chi connectivity index (χ1n) is 9.89. The molecule has 0 aliphatic carbocycles. The lowest BCUT2D eigenvalue weighted by atomic mass is 10.2. The molecule has 0 radical (unpaired) electrons. The molecule has 9 heteroatoms. The fraction of sp³-hybridized carbons (Fsp3) is 0.500. The zero-order valence-electron chi connectivity index (χ0n) is 17.2. The van der Waals surface area contributed by atoms with E-state index in [2.05, 4.69) is 10.1 Å². The first-order valence-corrected chi connectivity index (χ1v) is 11.3. The second kappa shape index (κ2) is 9.06.